The molecular formula is C18H34N2. The molecule has 1 saturated heterocycles. The average molecular weight is 278 g/mol. The molecule has 1 aliphatic heterocycles. The van der Waals surface area contributed by atoms with Crippen LogP contribution in [0.15, 0.2) is 0 Å². The van der Waals surface area contributed by atoms with Crippen LogP contribution in [0.1, 0.15) is 71.1 Å². The first-order valence-corrected chi connectivity index (χ1v) is 9.34. The van der Waals surface area contributed by atoms with Gasteiger partial charge in [0.2, 0.25) is 0 Å². The molecule has 20 heavy (non-hydrogen) atoms. The van der Waals surface area contributed by atoms with Gasteiger partial charge in [0.05, 0.1) is 0 Å². The Hall–Kier alpha value is -0.0800. The molecule has 0 amide bonds. The van der Waals surface area contributed by atoms with E-state index in [0.717, 1.165) is 23.9 Å². The van der Waals surface area contributed by atoms with Crippen molar-refractivity contribution in [1.82, 2.24) is 10.2 Å². The molecule has 0 bridgehead atoms. The highest BCUT2D eigenvalue weighted by molar-refractivity contribution is 4.90. The molecule has 3 unspecified atom stereocenters. The van der Waals surface area contributed by atoms with Gasteiger partial charge in [-0.1, -0.05) is 45.4 Å². The van der Waals surface area contributed by atoms with E-state index in [1.54, 1.807) is 0 Å². The van der Waals surface area contributed by atoms with Crippen molar-refractivity contribution in [3.05, 3.63) is 0 Å². The van der Waals surface area contributed by atoms with Crippen molar-refractivity contribution < 1.29 is 0 Å². The summed E-state index contributed by atoms with van der Waals surface area (Å²) >= 11 is 0. The fourth-order valence-electron chi connectivity index (χ4n) is 4.95. The Morgan fingerprint density at radius 2 is 1.85 bits per heavy atom. The summed E-state index contributed by atoms with van der Waals surface area (Å²) in [5.41, 5.74) is 0. The van der Waals surface area contributed by atoms with Crippen LogP contribution >= 0.6 is 0 Å². The molecule has 3 rings (SSSR count). The second-order valence-electron chi connectivity index (χ2n) is 7.55. The zero-order valence-corrected chi connectivity index (χ0v) is 13.4. The van der Waals surface area contributed by atoms with E-state index in [9.17, 15) is 0 Å². The van der Waals surface area contributed by atoms with Crippen LogP contribution in [0.2, 0.25) is 0 Å². The van der Waals surface area contributed by atoms with E-state index in [-0.39, 0.29) is 0 Å². The molecule has 0 aromatic rings. The van der Waals surface area contributed by atoms with Gasteiger partial charge in [0.15, 0.2) is 0 Å². The molecule has 116 valence electrons. The van der Waals surface area contributed by atoms with E-state index < -0.39 is 0 Å². The Balaban J connectivity index is 1.54. The van der Waals surface area contributed by atoms with Gasteiger partial charge in [-0.2, -0.15) is 0 Å². The average Bonchev–Trinajstić information content (AvgIpc) is 2.56. The summed E-state index contributed by atoms with van der Waals surface area (Å²) in [4.78, 5) is 2.86. The van der Waals surface area contributed by atoms with Gasteiger partial charge >= 0.3 is 0 Å². The summed E-state index contributed by atoms with van der Waals surface area (Å²) < 4.78 is 0. The van der Waals surface area contributed by atoms with Crippen LogP contribution in [0, 0.1) is 11.8 Å². The van der Waals surface area contributed by atoms with E-state index in [4.69, 9.17) is 0 Å². The first-order chi connectivity index (χ1) is 9.86. The summed E-state index contributed by atoms with van der Waals surface area (Å²) in [5, 5.41) is 3.84. The highest BCUT2D eigenvalue weighted by atomic mass is 15.2. The molecular weight excluding hydrogens is 244 g/mol. The van der Waals surface area contributed by atoms with E-state index in [2.05, 4.69) is 17.1 Å². The predicted octanol–water partition coefficient (Wildman–Crippen LogP) is 3.81. The maximum Gasteiger partial charge on any atom is 0.0223 e. The maximum atomic E-state index is 3.84. The third-order valence-electron chi connectivity index (χ3n) is 6.30. The monoisotopic (exact) mass is 278 g/mol. The summed E-state index contributed by atoms with van der Waals surface area (Å²) in [6, 6.07) is 1.70. The van der Waals surface area contributed by atoms with Crippen molar-refractivity contribution >= 4 is 0 Å². The van der Waals surface area contributed by atoms with Gasteiger partial charge < -0.3 is 5.32 Å². The number of nitrogens with zero attached hydrogens (tertiary/aromatic N) is 1. The van der Waals surface area contributed by atoms with Crippen molar-refractivity contribution in [1.29, 1.82) is 0 Å². The Labute approximate surface area is 125 Å². The molecule has 1 heterocycles. The fraction of sp³-hybridized carbons (Fsp3) is 1.00. The summed E-state index contributed by atoms with van der Waals surface area (Å²) in [6.07, 6.45) is 14.7. The van der Waals surface area contributed by atoms with Crippen LogP contribution in [0.3, 0.4) is 0 Å². The lowest BCUT2D eigenvalue weighted by Gasteiger charge is -2.44. The van der Waals surface area contributed by atoms with E-state index >= 15 is 0 Å². The number of rotatable bonds is 3. The lowest BCUT2D eigenvalue weighted by Crippen LogP contribution is -2.57. The molecule has 2 saturated carbocycles. The molecule has 0 spiro atoms. The number of nitrogens with one attached hydrogen (secondary N) is 1. The van der Waals surface area contributed by atoms with Crippen LogP contribution in [0.5, 0.6) is 0 Å². The van der Waals surface area contributed by atoms with Crippen LogP contribution in [0.4, 0.5) is 0 Å². The van der Waals surface area contributed by atoms with E-state index in [1.807, 2.05) is 0 Å². The standard InChI is InChI=1S/C18H34N2/c1-2-15-7-6-10-17(13-15)20-12-11-19-18(14-20)16-8-4-3-5-9-16/h15-19H,2-14H2,1H3. The van der Waals surface area contributed by atoms with Gasteiger partial charge in [0.1, 0.15) is 0 Å². The SMILES string of the molecule is CCC1CCCC(N2CCNC(C3CCCCC3)C2)C1. The Morgan fingerprint density at radius 3 is 2.65 bits per heavy atom. The zero-order chi connectivity index (χ0) is 13.8. The molecule has 0 aromatic heterocycles. The molecule has 0 aromatic carbocycles. The number of hydrogen-bond acceptors (Lipinski definition) is 2. The van der Waals surface area contributed by atoms with Crippen molar-refractivity contribution in [3.63, 3.8) is 0 Å². The van der Waals surface area contributed by atoms with Gasteiger partial charge in [0, 0.05) is 31.7 Å². The Morgan fingerprint density at radius 1 is 1.00 bits per heavy atom. The van der Waals surface area contributed by atoms with Gasteiger partial charge in [0.25, 0.3) is 0 Å². The van der Waals surface area contributed by atoms with Crippen LogP contribution < -0.4 is 5.32 Å². The maximum absolute atomic E-state index is 3.84. The molecule has 3 atom stereocenters. The lowest BCUT2D eigenvalue weighted by molar-refractivity contribution is 0.0749. The van der Waals surface area contributed by atoms with Gasteiger partial charge in [-0.3, -0.25) is 4.90 Å². The molecule has 3 aliphatic rings. The number of piperazine rings is 1. The van der Waals surface area contributed by atoms with Crippen LogP contribution in [-0.2, 0) is 0 Å². The quantitative estimate of drug-likeness (QED) is 0.844. The minimum Gasteiger partial charge on any atom is -0.311 e. The van der Waals surface area contributed by atoms with Crippen molar-refractivity contribution in [2.75, 3.05) is 19.6 Å². The molecule has 1 N–H and O–H groups in total. The van der Waals surface area contributed by atoms with Crippen molar-refractivity contribution in [3.8, 4) is 0 Å². The van der Waals surface area contributed by atoms with Gasteiger partial charge in [-0.05, 0) is 37.5 Å². The summed E-state index contributed by atoms with van der Waals surface area (Å²) in [5.74, 6) is 1.98. The largest absolute Gasteiger partial charge is 0.311 e. The molecule has 2 aliphatic carbocycles. The summed E-state index contributed by atoms with van der Waals surface area (Å²) in [6.45, 7) is 6.25. The van der Waals surface area contributed by atoms with Crippen LogP contribution in [0.25, 0.3) is 0 Å². The molecule has 2 heteroatoms. The first kappa shape index (κ1) is 14.8. The van der Waals surface area contributed by atoms with E-state index in [0.29, 0.717) is 0 Å². The second kappa shape index (κ2) is 7.26. The second-order valence-corrected chi connectivity index (χ2v) is 7.55. The minimum atomic E-state index is 0.797. The van der Waals surface area contributed by atoms with Crippen LogP contribution in [-0.4, -0.2) is 36.6 Å². The molecule has 2 nitrogen and oxygen atoms in total. The predicted molar refractivity (Wildman–Crippen MR) is 86.0 cm³/mol. The third-order valence-corrected chi connectivity index (χ3v) is 6.30. The number of hydrogen-bond donors (Lipinski definition) is 1. The zero-order valence-electron chi connectivity index (χ0n) is 13.4. The highest BCUT2D eigenvalue weighted by Gasteiger charge is 2.32. The van der Waals surface area contributed by atoms with E-state index in [1.165, 1.54) is 83.8 Å². The molecule has 0 radical (unpaired) electrons. The molecule has 3 fully saturated rings. The topological polar surface area (TPSA) is 15.3 Å². The Kier molecular flexibility index (Phi) is 5.39. The van der Waals surface area contributed by atoms with Gasteiger partial charge in [-0.15, -0.1) is 0 Å². The van der Waals surface area contributed by atoms with Crippen molar-refractivity contribution in [2.45, 2.75) is 83.2 Å². The fourth-order valence-corrected chi connectivity index (χ4v) is 4.95. The minimum absolute atomic E-state index is 0.797. The Bertz CT molecular complexity index is 285. The summed E-state index contributed by atoms with van der Waals surface area (Å²) in [7, 11) is 0. The highest BCUT2D eigenvalue weighted by Crippen LogP contribution is 2.32. The lowest BCUT2D eigenvalue weighted by atomic mass is 9.81. The smallest absolute Gasteiger partial charge is 0.0223 e. The third kappa shape index (κ3) is 3.57. The normalized spacial score (nSPS) is 38.0. The van der Waals surface area contributed by atoms with Crippen molar-refractivity contribution in [2.24, 2.45) is 11.8 Å². The first-order valence-electron chi connectivity index (χ1n) is 9.34. The van der Waals surface area contributed by atoms with Gasteiger partial charge in [-0.25, -0.2) is 0 Å².